The van der Waals surface area contributed by atoms with Crippen LogP contribution >= 0.6 is 0 Å². The number of carbonyl (C=O) groups is 1. The summed E-state index contributed by atoms with van der Waals surface area (Å²) in [6.07, 6.45) is -10.5. The topological polar surface area (TPSA) is 101 Å². The number of methoxy groups -OCH3 is 1. The van der Waals surface area contributed by atoms with Crippen LogP contribution < -0.4 is 20.8 Å². The van der Waals surface area contributed by atoms with Gasteiger partial charge in [0.2, 0.25) is 0 Å². The highest BCUT2D eigenvalue weighted by atomic mass is 19.4. The number of nitrogens with two attached hydrogens (primary N) is 1. The number of fused-ring (bicyclic) bond motifs is 1. The molecule has 0 amide bonds. The van der Waals surface area contributed by atoms with Crippen LogP contribution in [0, 0.1) is 16.2 Å². The fourth-order valence-electron chi connectivity index (χ4n) is 5.40. The van der Waals surface area contributed by atoms with Crippen LogP contribution in [0.3, 0.4) is 0 Å². The monoisotopic (exact) mass is 673 g/mol. The van der Waals surface area contributed by atoms with Gasteiger partial charge in [0.25, 0.3) is 0 Å². The molecule has 0 radical (unpaired) electrons. The zero-order valence-electron chi connectivity index (χ0n) is 27.7. The number of hydrogen-bond acceptors (Lipinski definition) is 7. The number of carbonyl (C=O) groups excluding carboxylic acids is 1. The Morgan fingerprint density at radius 3 is 1.96 bits per heavy atom. The van der Waals surface area contributed by atoms with Crippen molar-refractivity contribution < 1.29 is 49.8 Å². The van der Waals surface area contributed by atoms with Gasteiger partial charge in [-0.05, 0) is 69.0 Å². The van der Waals surface area contributed by atoms with Crippen LogP contribution in [0.4, 0.5) is 26.3 Å². The summed E-state index contributed by atoms with van der Waals surface area (Å²) in [6, 6.07) is 8.40. The van der Waals surface area contributed by atoms with Crippen molar-refractivity contribution in [3.05, 3.63) is 58.4 Å². The van der Waals surface area contributed by atoms with Gasteiger partial charge in [0.05, 0.1) is 36.7 Å². The van der Waals surface area contributed by atoms with Crippen LogP contribution in [0.1, 0.15) is 66.9 Å². The molecule has 3 aromatic rings. The predicted octanol–water partition coefficient (Wildman–Crippen LogP) is 8.55. The molecule has 13 heteroatoms. The Kier molecular flexibility index (Phi) is 10.5. The van der Waals surface area contributed by atoms with Crippen molar-refractivity contribution >= 4 is 16.9 Å². The molecule has 47 heavy (non-hydrogen) atoms. The SMILES string of the molecule is COc1ccc(-c2cc3ccc(OCC(C)(COC(=O)C(C)(CC(C)(C)C)C(C)(C)N)CC(F)(F)F)cc3oc2=O)c(C(F)(F)F)c1. The summed E-state index contributed by atoms with van der Waals surface area (Å²) in [5.41, 5.74) is -0.982. The van der Waals surface area contributed by atoms with E-state index in [1.165, 1.54) is 44.4 Å². The van der Waals surface area contributed by atoms with Gasteiger partial charge in [-0.25, -0.2) is 4.79 Å². The van der Waals surface area contributed by atoms with Crippen LogP contribution in [-0.2, 0) is 15.7 Å². The number of rotatable bonds is 11. The van der Waals surface area contributed by atoms with Crippen molar-refractivity contribution in [1.82, 2.24) is 0 Å². The minimum absolute atomic E-state index is 0.0224. The van der Waals surface area contributed by atoms with Gasteiger partial charge >= 0.3 is 23.9 Å². The van der Waals surface area contributed by atoms with E-state index in [9.17, 15) is 35.9 Å². The lowest BCUT2D eigenvalue weighted by atomic mass is 9.65. The molecule has 1 heterocycles. The maximum absolute atomic E-state index is 13.8. The van der Waals surface area contributed by atoms with Gasteiger partial charge < -0.3 is 24.4 Å². The summed E-state index contributed by atoms with van der Waals surface area (Å²) in [6.45, 7) is 10.8. The van der Waals surface area contributed by atoms with Crippen LogP contribution in [0.25, 0.3) is 22.1 Å². The molecule has 0 aliphatic heterocycles. The lowest BCUT2D eigenvalue weighted by molar-refractivity contribution is -0.182. The van der Waals surface area contributed by atoms with E-state index in [2.05, 4.69) is 0 Å². The average Bonchev–Trinajstić information content (AvgIpc) is 2.91. The van der Waals surface area contributed by atoms with Gasteiger partial charge in [0.1, 0.15) is 23.7 Å². The smallest absolute Gasteiger partial charge is 0.417 e. The number of halogens is 6. The Labute approximate surface area is 269 Å². The van der Waals surface area contributed by atoms with Crippen molar-refractivity contribution in [1.29, 1.82) is 0 Å². The molecule has 0 saturated heterocycles. The minimum atomic E-state index is -4.80. The molecule has 0 spiro atoms. The summed E-state index contributed by atoms with van der Waals surface area (Å²) >= 11 is 0. The highest BCUT2D eigenvalue weighted by Crippen LogP contribution is 2.43. The number of ether oxygens (including phenoxy) is 3. The molecule has 0 aliphatic carbocycles. The van der Waals surface area contributed by atoms with Gasteiger partial charge in [0.15, 0.2) is 0 Å². The standard InChI is InChI=1S/C34H41F6NO6/c1-29(2,3)16-32(7,30(4,5)41)28(43)46-19-31(6,17-33(35,36)37)18-45-22-10-9-20-13-24(27(42)47-26(20)15-22)23-12-11-21(44-8)14-25(23)34(38,39)40/h9-15H,16-19,41H2,1-8H3. The summed E-state index contributed by atoms with van der Waals surface area (Å²) < 4.78 is 104. The number of hydrogen-bond donors (Lipinski definition) is 1. The third kappa shape index (κ3) is 9.42. The third-order valence-corrected chi connectivity index (χ3v) is 8.05. The van der Waals surface area contributed by atoms with E-state index < -0.39 is 71.1 Å². The molecular weight excluding hydrogens is 632 g/mol. The molecule has 2 atom stereocenters. The van der Waals surface area contributed by atoms with Crippen LogP contribution in [0.2, 0.25) is 0 Å². The third-order valence-electron chi connectivity index (χ3n) is 8.05. The van der Waals surface area contributed by atoms with E-state index in [4.69, 9.17) is 24.4 Å². The van der Waals surface area contributed by atoms with Crippen molar-refractivity contribution in [3.63, 3.8) is 0 Å². The first-order valence-corrected chi connectivity index (χ1v) is 14.8. The van der Waals surface area contributed by atoms with Crippen LogP contribution in [0.5, 0.6) is 11.5 Å². The molecule has 260 valence electrons. The van der Waals surface area contributed by atoms with E-state index in [0.29, 0.717) is 6.42 Å². The van der Waals surface area contributed by atoms with Crippen molar-refractivity contribution in [2.75, 3.05) is 20.3 Å². The van der Waals surface area contributed by atoms with Gasteiger partial charge in [0, 0.05) is 28.0 Å². The molecule has 2 aromatic carbocycles. The van der Waals surface area contributed by atoms with Crippen molar-refractivity contribution in [2.45, 2.75) is 79.2 Å². The van der Waals surface area contributed by atoms with Crippen molar-refractivity contribution in [2.24, 2.45) is 22.0 Å². The second-order valence-corrected chi connectivity index (χ2v) is 14.3. The van der Waals surface area contributed by atoms with Gasteiger partial charge in [-0.1, -0.05) is 27.7 Å². The van der Waals surface area contributed by atoms with Gasteiger partial charge in [-0.2, -0.15) is 26.3 Å². The van der Waals surface area contributed by atoms with Crippen LogP contribution in [0.15, 0.2) is 51.7 Å². The van der Waals surface area contributed by atoms with Gasteiger partial charge in [-0.15, -0.1) is 0 Å². The fourth-order valence-corrected chi connectivity index (χ4v) is 5.40. The second kappa shape index (κ2) is 13.0. The Morgan fingerprint density at radius 1 is 0.809 bits per heavy atom. The lowest BCUT2D eigenvalue weighted by Crippen LogP contribution is -2.56. The predicted molar refractivity (Wildman–Crippen MR) is 165 cm³/mol. The largest absolute Gasteiger partial charge is 0.497 e. The number of benzene rings is 2. The van der Waals surface area contributed by atoms with E-state index in [1.807, 2.05) is 20.8 Å². The lowest BCUT2D eigenvalue weighted by Gasteiger charge is -2.43. The zero-order valence-corrected chi connectivity index (χ0v) is 27.7. The summed E-state index contributed by atoms with van der Waals surface area (Å²) in [5.74, 6) is -0.765. The number of alkyl halides is 6. The molecule has 1 aromatic heterocycles. The second-order valence-electron chi connectivity index (χ2n) is 14.3. The Morgan fingerprint density at radius 2 is 1.43 bits per heavy atom. The fraction of sp³-hybridized carbons (Fsp3) is 0.529. The minimum Gasteiger partial charge on any atom is -0.497 e. The van der Waals surface area contributed by atoms with E-state index in [0.717, 1.165) is 12.1 Å². The number of esters is 1. The maximum Gasteiger partial charge on any atom is 0.417 e. The highest BCUT2D eigenvalue weighted by molar-refractivity contribution is 5.83. The van der Waals surface area contributed by atoms with E-state index >= 15 is 0 Å². The summed E-state index contributed by atoms with van der Waals surface area (Å²) in [5, 5.41) is 0.241. The molecule has 0 saturated carbocycles. The molecule has 2 unspecified atom stereocenters. The normalized spacial score (nSPS) is 15.6. The van der Waals surface area contributed by atoms with Gasteiger partial charge in [-0.3, -0.25) is 4.79 Å². The molecule has 0 bridgehead atoms. The Bertz CT molecular complexity index is 1650. The quantitative estimate of drug-likeness (QED) is 0.124. The molecule has 2 N–H and O–H groups in total. The van der Waals surface area contributed by atoms with Crippen LogP contribution in [-0.4, -0.2) is 38.0 Å². The van der Waals surface area contributed by atoms with Crippen molar-refractivity contribution in [3.8, 4) is 22.6 Å². The molecule has 0 aliphatic rings. The first-order valence-electron chi connectivity index (χ1n) is 14.8. The Balaban J connectivity index is 1.89. The molecular formula is C34H41F6NO6. The zero-order chi connectivity index (χ0) is 35.8. The molecule has 3 rings (SSSR count). The maximum atomic E-state index is 13.8. The molecule has 0 fully saturated rings. The first-order chi connectivity index (χ1) is 21.3. The summed E-state index contributed by atoms with van der Waals surface area (Å²) in [4.78, 5) is 26.2. The highest BCUT2D eigenvalue weighted by Gasteiger charge is 2.49. The first kappa shape index (κ1) is 37.7. The average molecular weight is 674 g/mol. The summed E-state index contributed by atoms with van der Waals surface area (Å²) in [7, 11) is 1.21. The Hall–Kier alpha value is -3.74. The molecule has 7 nitrogen and oxygen atoms in total. The van der Waals surface area contributed by atoms with E-state index in [1.54, 1.807) is 20.8 Å². The van der Waals surface area contributed by atoms with E-state index in [-0.39, 0.29) is 33.4 Å².